The molecule has 154 valence electrons. The number of fused-ring (bicyclic) bond motifs is 1. The highest BCUT2D eigenvalue weighted by atomic mass is 16.5. The fourth-order valence-corrected chi connectivity index (χ4v) is 4.19. The summed E-state index contributed by atoms with van der Waals surface area (Å²) in [4.78, 5) is 2.47. The number of rotatable bonds is 7. The number of phenolic OH excluding ortho intramolecular Hbond substituents is 1. The molecule has 0 atom stereocenters. The van der Waals surface area contributed by atoms with Gasteiger partial charge in [0.25, 0.3) is 0 Å². The zero-order chi connectivity index (χ0) is 20.2. The van der Waals surface area contributed by atoms with E-state index >= 15 is 0 Å². The molecule has 1 aromatic heterocycles. The molecule has 4 rings (SSSR count). The van der Waals surface area contributed by atoms with E-state index in [0.29, 0.717) is 12.4 Å². The Balaban J connectivity index is 1.45. The van der Waals surface area contributed by atoms with Gasteiger partial charge in [0.05, 0.1) is 7.11 Å². The minimum Gasteiger partial charge on any atom is -0.508 e. The Morgan fingerprint density at radius 1 is 1.00 bits per heavy atom. The number of hydrogen-bond acceptors (Lipinski definition) is 4. The lowest BCUT2D eigenvalue weighted by Crippen LogP contribution is -2.33. The van der Waals surface area contributed by atoms with E-state index in [4.69, 9.17) is 9.47 Å². The first-order valence-electron chi connectivity index (χ1n) is 10.4. The van der Waals surface area contributed by atoms with Gasteiger partial charge in [0.1, 0.15) is 12.4 Å². The number of aromatic nitrogens is 1. The van der Waals surface area contributed by atoms with Crippen molar-refractivity contribution in [3.05, 3.63) is 53.7 Å². The number of methoxy groups -OCH3 is 1. The molecule has 2 aromatic carbocycles. The van der Waals surface area contributed by atoms with E-state index in [0.717, 1.165) is 46.6 Å². The van der Waals surface area contributed by atoms with Crippen molar-refractivity contribution >= 4 is 10.9 Å². The van der Waals surface area contributed by atoms with Gasteiger partial charge in [0, 0.05) is 30.2 Å². The van der Waals surface area contributed by atoms with Crippen molar-refractivity contribution in [3.8, 4) is 17.2 Å². The topological polar surface area (TPSA) is 46.9 Å². The normalized spacial score (nSPS) is 15.0. The Bertz CT molecular complexity index is 974. The molecule has 2 heterocycles. The van der Waals surface area contributed by atoms with Gasteiger partial charge in [-0.05, 0) is 74.3 Å². The van der Waals surface area contributed by atoms with Gasteiger partial charge in [-0.25, -0.2) is 0 Å². The molecule has 0 aliphatic carbocycles. The molecule has 0 bridgehead atoms. The van der Waals surface area contributed by atoms with Crippen LogP contribution in [-0.2, 0) is 6.54 Å². The number of phenols is 1. The van der Waals surface area contributed by atoms with E-state index in [9.17, 15) is 5.11 Å². The van der Waals surface area contributed by atoms with Crippen LogP contribution in [0.25, 0.3) is 10.9 Å². The molecule has 1 aliphatic heterocycles. The minimum absolute atomic E-state index is 0.297. The van der Waals surface area contributed by atoms with Crippen molar-refractivity contribution in [1.29, 1.82) is 0 Å². The second kappa shape index (κ2) is 8.78. The van der Waals surface area contributed by atoms with Crippen LogP contribution in [-0.4, -0.2) is 47.9 Å². The second-order valence-corrected chi connectivity index (χ2v) is 7.88. The zero-order valence-corrected chi connectivity index (χ0v) is 17.4. The van der Waals surface area contributed by atoms with Crippen LogP contribution in [0.4, 0.5) is 0 Å². The number of likely N-dealkylation sites (tertiary alicyclic amines) is 1. The Hall–Kier alpha value is -2.66. The van der Waals surface area contributed by atoms with Crippen LogP contribution < -0.4 is 9.47 Å². The smallest absolute Gasteiger partial charge is 0.161 e. The van der Waals surface area contributed by atoms with Gasteiger partial charge in [-0.3, -0.25) is 4.90 Å². The molecular formula is C24H30N2O3. The van der Waals surface area contributed by atoms with E-state index in [1.165, 1.54) is 32.4 Å². The van der Waals surface area contributed by atoms with Crippen LogP contribution >= 0.6 is 0 Å². The first-order valence-corrected chi connectivity index (χ1v) is 10.4. The van der Waals surface area contributed by atoms with Crippen molar-refractivity contribution in [1.82, 2.24) is 9.47 Å². The molecule has 1 saturated heterocycles. The summed E-state index contributed by atoms with van der Waals surface area (Å²) < 4.78 is 13.8. The van der Waals surface area contributed by atoms with E-state index in [1.807, 2.05) is 18.2 Å². The fraction of sp³-hybridized carbons (Fsp3) is 0.417. The summed E-state index contributed by atoms with van der Waals surface area (Å²) >= 11 is 0. The number of hydrogen-bond donors (Lipinski definition) is 1. The molecule has 29 heavy (non-hydrogen) atoms. The van der Waals surface area contributed by atoms with Crippen LogP contribution in [0.15, 0.2) is 42.6 Å². The summed E-state index contributed by atoms with van der Waals surface area (Å²) in [6.45, 7) is 6.81. The van der Waals surface area contributed by atoms with Crippen molar-refractivity contribution in [2.24, 2.45) is 0 Å². The third-order valence-electron chi connectivity index (χ3n) is 5.76. The van der Waals surface area contributed by atoms with Gasteiger partial charge < -0.3 is 19.1 Å². The third-order valence-corrected chi connectivity index (χ3v) is 5.76. The van der Waals surface area contributed by atoms with Gasteiger partial charge >= 0.3 is 0 Å². The van der Waals surface area contributed by atoms with Crippen LogP contribution in [0.2, 0.25) is 0 Å². The molecular weight excluding hydrogens is 364 g/mol. The van der Waals surface area contributed by atoms with Crippen molar-refractivity contribution in [2.45, 2.75) is 32.7 Å². The van der Waals surface area contributed by atoms with E-state index < -0.39 is 0 Å². The molecule has 1 aliphatic rings. The average molecular weight is 395 g/mol. The Morgan fingerprint density at radius 3 is 2.62 bits per heavy atom. The van der Waals surface area contributed by atoms with Crippen LogP contribution in [0.1, 0.15) is 30.4 Å². The van der Waals surface area contributed by atoms with Gasteiger partial charge in [0.2, 0.25) is 0 Å². The largest absolute Gasteiger partial charge is 0.508 e. The van der Waals surface area contributed by atoms with E-state index in [1.54, 1.807) is 13.2 Å². The molecule has 3 aromatic rings. The SMILES string of the molecule is COc1cc(Cn2cc(C)c3cc(O)ccc32)ccc1OCCN1CCCCC1. The number of piperidine rings is 1. The zero-order valence-electron chi connectivity index (χ0n) is 17.4. The van der Waals surface area contributed by atoms with E-state index in [-0.39, 0.29) is 0 Å². The predicted molar refractivity (Wildman–Crippen MR) is 116 cm³/mol. The summed E-state index contributed by atoms with van der Waals surface area (Å²) in [6, 6.07) is 11.7. The number of aromatic hydroxyl groups is 1. The molecule has 0 radical (unpaired) electrons. The molecule has 5 heteroatoms. The standard InChI is InChI=1S/C24H30N2O3/c1-18-16-26(22-8-7-20(27)15-21(18)22)17-19-6-9-23(24(14-19)28-2)29-13-12-25-10-4-3-5-11-25/h6-9,14-16,27H,3-5,10-13,17H2,1-2H3. The number of ether oxygens (including phenoxy) is 2. The number of benzene rings is 2. The molecule has 1 N–H and O–H groups in total. The van der Waals surface area contributed by atoms with Gasteiger partial charge in [-0.1, -0.05) is 12.5 Å². The fourth-order valence-electron chi connectivity index (χ4n) is 4.19. The summed E-state index contributed by atoms with van der Waals surface area (Å²) in [6.07, 6.45) is 6.07. The first-order chi connectivity index (χ1) is 14.1. The summed E-state index contributed by atoms with van der Waals surface area (Å²) in [5, 5.41) is 10.8. The lowest BCUT2D eigenvalue weighted by Gasteiger charge is -2.26. The second-order valence-electron chi connectivity index (χ2n) is 7.88. The Labute approximate surface area is 172 Å². The van der Waals surface area contributed by atoms with Gasteiger partial charge in [0.15, 0.2) is 11.5 Å². The molecule has 0 unspecified atom stereocenters. The maximum absolute atomic E-state index is 9.76. The van der Waals surface area contributed by atoms with Crippen LogP contribution in [0, 0.1) is 6.92 Å². The van der Waals surface area contributed by atoms with Crippen molar-refractivity contribution in [2.75, 3.05) is 33.4 Å². The maximum atomic E-state index is 9.76. The van der Waals surface area contributed by atoms with Crippen LogP contribution in [0.3, 0.4) is 0 Å². The molecule has 0 spiro atoms. The average Bonchev–Trinajstić information content (AvgIpc) is 3.04. The lowest BCUT2D eigenvalue weighted by atomic mass is 10.1. The van der Waals surface area contributed by atoms with Gasteiger partial charge in [-0.2, -0.15) is 0 Å². The maximum Gasteiger partial charge on any atom is 0.161 e. The highest BCUT2D eigenvalue weighted by Gasteiger charge is 2.12. The minimum atomic E-state index is 0.297. The number of aryl methyl sites for hydroxylation is 1. The van der Waals surface area contributed by atoms with Crippen molar-refractivity contribution in [3.63, 3.8) is 0 Å². The molecule has 0 amide bonds. The Morgan fingerprint density at radius 2 is 1.83 bits per heavy atom. The molecule has 1 fully saturated rings. The summed E-state index contributed by atoms with van der Waals surface area (Å²) in [5.41, 5.74) is 3.41. The van der Waals surface area contributed by atoms with Gasteiger partial charge in [-0.15, -0.1) is 0 Å². The highest BCUT2D eigenvalue weighted by molar-refractivity contribution is 5.85. The third kappa shape index (κ3) is 4.51. The summed E-state index contributed by atoms with van der Waals surface area (Å²) in [7, 11) is 1.69. The lowest BCUT2D eigenvalue weighted by molar-refractivity contribution is 0.180. The van der Waals surface area contributed by atoms with E-state index in [2.05, 4.69) is 34.7 Å². The Kier molecular flexibility index (Phi) is 5.95. The molecule has 5 nitrogen and oxygen atoms in total. The first kappa shape index (κ1) is 19.6. The monoisotopic (exact) mass is 394 g/mol. The number of nitrogens with zero attached hydrogens (tertiary/aromatic N) is 2. The van der Waals surface area contributed by atoms with Crippen LogP contribution in [0.5, 0.6) is 17.2 Å². The highest BCUT2D eigenvalue weighted by Crippen LogP contribution is 2.30. The summed E-state index contributed by atoms with van der Waals surface area (Å²) in [5.74, 6) is 1.87. The quantitative estimate of drug-likeness (QED) is 0.637. The van der Waals surface area contributed by atoms with Crippen molar-refractivity contribution < 1.29 is 14.6 Å². The molecule has 0 saturated carbocycles. The predicted octanol–water partition coefficient (Wildman–Crippen LogP) is 4.58.